The molecule has 0 amide bonds. The van der Waals surface area contributed by atoms with Crippen LogP contribution in [0.2, 0.25) is 5.02 Å². The predicted molar refractivity (Wildman–Crippen MR) is 43.9 cm³/mol. The van der Waals surface area contributed by atoms with Crippen LogP contribution in [0, 0.1) is 18.6 Å². The van der Waals surface area contributed by atoms with Gasteiger partial charge in [-0.15, -0.1) is 0 Å². The van der Waals surface area contributed by atoms with E-state index in [4.69, 9.17) is 23.8 Å². The summed E-state index contributed by atoms with van der Waals surface area (Å²) in [7, 11) is 0. The van der Waals surface area contributed by atoms with Gasteiger partial charge in [-0.1, -0.05) is 11.6 Å². The number of nitrogens with one attached hydrogen (secondary N) is 1. The molecule has 0 unspecified atom stereocenters. The highest BCUT2D eigenvalue weighted by Gasteiger charge is 1.98. The highest BCUT2D eigenvalue weighted by Crippen LogP contribution is 2.14. The Morgan fingerprint density at radius 3 is 2.60 bits per heavy atom. The number of aromatic amines is 1. The lowest BCUT2D eigenvalue weighted by Crippen LogP contribution is -1.91. The molecule has 1 aromatic heterocycles. The second kappa shape index (κ2) is 2.68. The van der Waals surface area contributed by atoms with Crippen molar-refractivity contribution in [3.8, 4) is 0 Å². The first-order valence-corrected chi connectivity index (χ1v) is 3.63. The van der Waals surface area contributed by atoms with Crippen molar-refractivity contribution in [3.63, 3.8) is 0 Å². The lowest BCUT2D eigenvalue weighted by atomic mass is 10.4. The number of rotatable bonds is 0. The second-order valence-electron chi connectivity index (χ2n) is 2.07. The Bertz CT molecular complexity index is 279. The maximum atomic E-state index is 5.81. The van der Waals surface area contributed by atoms with Gasteiger partial charge in [-0.05, 0) is 26.1 Å². The average Bonchev–Trinajstić information content (AvgIpc) is 1.82. The second-order valence-corrected chi connectivity index (χ2v) is 2.83. The van der Waals surface area contributed by atoms with Crippen molar-refractivity contribution >= 4 is 23.8 Å². The van der Waals surface area contributed by atoms with E-state index in [9.17, 15) is 0 Å². The molecule has 0 saturated heterocycles. The minimum Gasteiger partial charge on any atom is -0.333 e. The molecule has 0 aliphatic rings. The molecule has 54 valence electrons. The first kappa shape index (κ1) is 7.69. The van der Waals surface area contributed by atoms with Gasteiger partial charge in [0.15, 0.2) is 4.77 Å². The van der Waals surface area contributed by atoms with Crippen LogP contribution in [0.4, 0.5) is 0 Å². The molecule has 1 rings (SSSR count). The third kappa shape index (κ3) is 1.36. The zero-order chi connectivity index (χ0) is 7.72. The number of aryl methyl sites for hydroxylation is 2. The van der Waals surface area contributed by atoms with Gasteiger partial charge in [0.05, 0.1) is 10.7 Å². The molecule has 0 spiro atoms. The quantitative estimate of drug-likeness (QED) is 0.612. The van der Waals surface area contributed by atoms with Crippen LogP contribution in [-0.4, -0.2) is 9.97 Å². The first-order chi connectivity index (χ1) is 4.61. The summed E-state index contributed by atoms with van der Waals surface area (Å²) in [6.45, 7) is 3.70. The first-order valence-electron chi connectivity index (χ1n) is 2.84. The van der Waals surface area contributed by atoms with Crippen molar-refractivity contribution in [1.29, 1.82) is 0 Å². The minimum absolute atomic E-state index is 0.486. The smallest absolute Gasteiger partial charge is 0.197 e. The van der Waals surface area contributed by atoms with Gasteiger partial charge in [-0.25, -0.2) is 4.98 Å². The van der Waals surface area contributed by atoms with Crippen molar-refractivity contribution in [2.75, 3.05) is 0 Å². The van der Waals surface area contributed by atoms with Crippen LogP contribution in [0.5, 0.6) is 0 Å². The van der Waals surface area contributed by atoms with E-state index in [1.807, 2.05) is 13.8 Å². The SMILES string of the molecule is Cc1nc(=S)[nH]c(C)c1Cl. The Kier molecular flexibility index (Phi) is 2.06. The molecule has 0 fully saturated rings. The van der Waals surface area contributed by atoms with Crippen LogP contribution < -0.4 is 0 Å². The highest BCUT2D eigenvalue weighted by atomic mass is 35.5. The van der Waals surface area contributed by atoms with Gasteiger partial charge in [-0.3, -0.25) is 0 Å². The summed E-state index contributed by atoms with van der Waals surface area (Å²) < 4.78 is 0.486. The topological polar surface area (TPSA) is 28.7 Å². The largest absolute Gasteiger partial charge is 0.333 e. The fourth-order valence-corrected chi connectivity index (χ4v) is 1.10. The van der Waals surface area contributed by atoms with Crippen molar-refractivity contribution in [1.82, 2.24) is 9.97 Å². The summed E-state index contributed by atoms with van der Waals surface area (Å²) in [5.41, 5.74) is 1.65. The molecule has 1 heterocycles. The van der Waals surface area contributed by atoms with Crippen LogP contribution in [-0.2, 0) is 0 Å². The minimum atomic E-state index is 0.486. The fraction of sp³-hybridized carbons (Fsp3) is 0.333. The normalized spacial score (nSPS) is 9.90. The third-order valence-corrected chi connectivity index (χ3v) is 1.96. The molecule has 4 heteroatoms. The van der Waals surface area contributed by atoms with Crippen LogP contribution in [0.3, 0.4) is 0 Å². The lowest BCUT2D eigenvalue weighted by Gasteiger charge is -1.98. The van der Waals surface area contributed by atoms with Gasteiger partial charge in [0.25, 0.3) is 0 Å². The molecule has 1 N–H and O–H groups in total. The molecular weight excluding hydrogens is 168 g/mol. The molecule has 0 radical (unpaired) electrons. The molecule has 1 aromatic rings. The molecule has 2 nitrogen and oxygen atoms in total. The lowest BCUT2D eigenvalue weighted by molar-refractivity contribution is 1.03. The van der Waals surface area contributed by atoms with Gasteiger partial charge in [0, 0.05) is 5.69 Å². The molecule has 0 aromatic carbocycles. The van der Waals surface area contributed by atoms with Gasteiger partial charge >= 0.3 is 0 Å². The van der Waals surface area contributed by atoms with Gasteiger partial charge < -0.3 is 4.98 Å². The van der Waals surface area contributed by atoms with Crippen LogP contribution in [0.1, 0.15) is 11.4 Å². The number of nitrogens with zero attached hydrogens (tertiary/aromatic N) is 1. The Morgan fingerprint density at radius 1 is 1.50 bits per heavy atom. The van der Waals surface area contributed by atoms with E-state index < -0.39 is 0 Å². The number of aromatic nitrogens is 2. The molecule has 0 saturated carbocycles. The number of hydrogen-bond donors (Lipinski definition) is 1. The predicted octanol–water partition coefficient (Wildman–Crippen LogP) is 2.41. The molecule has 0 aliphatic heterocycles. The maximum absolute atomic E-state index is 5.81. The average molecular weight is 175 g/mol. The van der Waals surface area contributed by atoms with E-state index in [1.54, 1.807) is 0 Å². The van der Waals surface area contributed by atoms with Crippen molar-refractivity contribution in [2.24, 2.45) is 0 Å². The molecule has 10 heavy (non-hydrogen) atoms. The molecule has 0 aliphatic carbocycles. The summed E-state index contributed by atoms with van der Waals surface area (Å²) >= 11 is 10.6. The van der Waals surface area contributed by atoms with E-state index in [0.29, 0.717) is 9.79 Å². The van der Waals surface area contributed by atoms with E-state index in [-0.39, 0.29) is 0 Å². The molecular formula is C6H7ClN2S. The zero-order valence-corrected chi connectivity index (χ0v) is 7.31. The Hall–Kier alpha value is -0.410. The van der Waals surface area contributed by atoms with E-state index in [0.717, 1.165) is 11.4 Å². The number of halogens is 1. The Morgan fingerprint density at radius 2 is 2.10 bits per heavy atom. The third-order valence-electron chi connectivity index (χ3n) is 1.21. The summed E-state index contributed by atoms with van der Waals surface area (Å²) in [6.07, 6.45) is 0. The highest BCUT2D eigenvalue weighted by molar-refractivity contribution is 7.71. The fourth-order valence-electron chi connectivity index (χ4n) is 0.716. The summed E-state index contributed by atoms with van der Waals surface area (Å²) in [5.74, 6) is 0. The van der Waals surface area contributed by atoms with Crippen molar-refractivity contribution in [3.05, 3.63) is 21.2 Å². The van der Waals surface area contributed by atoms with E-state index in [1.165, 1.54) is 0 Å². The van der Waals surface area contributed by atoms with E-state index in [2.05, 4.69) is 9.97 Å². The summed E-state index contributed by atoms with van der Waals surface area (Å²) in [5, 5.41) is 0.661. The van der Waals surface area contributed by atoms with Crippen molar-refractivity contribution < 1.29 is 0 Å². The zero-order valence-electron chi connectivity index (χ0n) is 5.73. The standard InChI is InChI=1S/C6H7ClN2S/c1-3-5(7)4(2)9-6(10)8-3/h1-2H3,(H,8,9,10). The van der Waals surface area contributed by atoms with Crippen LogP contribution >= 0.6 is 23.8 Å². The van der Waals surface area contributed by atoms with Crippen LogP contribution in [0.25, 0.3) is 0 Å². The van der Waals surface area contributed by atoms with Gasteiger partial charge in [0.2, 0.25) is 0 Å². The number of H-pyrrole nitrogens is 1. The van der Waals surface area contributed by atoms with Crippen LogP contribution in [0.15, 0.2) is 0 Å². The van der Waals surface area contributed by atoms with Gasteiger partial charge in [-0.2, -0.15) is 0 Å². The monoisotopic (exact) mass is 174 g/mol. The van der Waals surface area contributed by atoms with Gasteiger partial charge in [0.1, 0.15) is 0 Å². The maximum Gasteiger partial charge on any atom is 0.197 e. The summed E-state index contributed by atoms with van der Waals surface area (Å²) in [4.78, 5) is 6.81. The van der Waals surface area contributed by atoms with E-state index >= 15 is 0 Å². The van der Waals surface area contributed by atoms with Crippen molar-refractivity contribution in [2.45, 2.75) is 13.8 Å². The molecule has 0 bridgehead atoms. The molecule has 0 atom stereocenters. The summed E-state index contributed by atoms with van der Waals surface area (Å²) in [6, 6.07) is 0. The number of hydrogen-bond acceptors (Lipinski definition) is 2. The Balaban J connectivity index is 3.46. The Labute approximate surface area is 69.3 Å².